The van der Waals surface area contributed by atoms with Crippen LogP contribution < -0.4 is 11.1 Å². The van der Waals surface area contributed by atoms with Gasteiger partial charge < -0.3 is 16.0 Å². The summed E-state index contributed by atoms with van der Waals surface area (Å²) in [6, 6.07) is 4.93. The normalized spacial score (nSPS) is 18.5. The predicted molar refractivity (Wildman–Crippen MR) is 76.7 cm³/mol. The maximum Gasteiger partial charge on any atom is 0.242 e. The second-order valence-electron chi connectivity index (χ2n) is 5.04. The van der Waals surface area contributed by atoms with E-state index in [2.05, 4.69) is 5.32 Å². The number of carbonyl (C=O) groups excluding carboxylic acids is 3. The predicted octanol–water partition coefficient (Wildman–Crippen LogP) is -0.225. The monoisotopic (exact) mass is 306 g/mol. The largest absolute Gasteiger partial charge is 0.368 e. The van der Waals surface area contributed by atoms with E-state index in [0.29, 0.717) is 6.42 Å². The van der Waals surface area contributed by atoms with E-state index in [0.717, 1.165) is 5.56 Å². The maximum atomic E-state index is 12.8. The summed E-state index contributed by atoms with van der Waals surface area (Å²) in [5, 5.41) is 2.55. The Morgan fingerprint density at radius 3 is 2.68 bits per heavy atom. The van der Waals surface area contributed by atoms with E-state index >= 15 is 0 Å². The molecular weight excluding hydrogens is 289 g/mol. The lowest BCUT2D eigenvalue weighted by Gasteiger charge is -2.27. The Hall–Kier alpha value is -2.44. The molecule has 0 aromatic heterocycles. The molecule has 1 aliphatic rings. The van der Waals surface area contributed by atoms with Gasteiger partial charge in [-0.05, 0) is 24.1 Å². The van der Waals surface area contributed by atoms with Crippen LogP contribution in [0.3, 0.4) is 0 Å². The Labute approximate surface area is 127 Å². The van der Waals surface area contributed by atoms with Gasteiger partial charge in [-0.2, -0.15) is 0 Å². The van der Waals surface area contributed by atoms with Crippen LogP contribution in [-0.4, -0.2) is 41.8 Å². The first-order chi connectivity index (χ1) is 10.5. The number of nitrogens with two attached hydrogens (primary N) is 1. The molecule has 1 unspecified atom stereocenters. The molecule has 1 atom stereocenters. The Balaban J connectivity index is 2.00. The molecule has 0 aliphatic carbocycles. The van der Waals surface area contributed by atoms with Crippen molar-refractivity contribution in [1.29, 1.82) is 0 Å². The average Bonchev–Trinajstić information content (AvgIpc) is 2.68. The van der Waals surface area contributed by atoms with Crippen molar-refractivity contribution >= 4 is 17.7 Å². The second-order valence-corrected chi connectivity index (χ2v) is 5.04. The summed E-state index contributed by atoms with van der Waals surface area (Å²) < 4.78 is 12.8. The van der Waals surface area contributed by atoms with Crippen molar-refractivity contribution in [2.75, 3.05) is 13.1 Å². The number of primary amides is 1. The Bertz CT molecular complexity index is 574. The molecule has 3 amide bonds. The van der Waals surface area contributed by atoms with Crippen LogP contribution in [0, 0.1) is 12.2 Å². The van der Waals surface area contributed by atoms with Crippen LogP contribution in [0.25, 0.3) is 0 Å². The van der Waals surface area contributed by atoms with Gasteiger partial charge in [0.25, 0.3) is 0 Å². The van der Waals surface area contributed by atoms with Crippen molar-refractivity contribution in [2.45, 2.75) is 18.9 Å². The molecule has 0 spiro atoms. The number of halogens is 1. The van der Waals surface area contributed by atoms with Gasteiger partial charge in [0.2, 0.25) is 17.7 Å². The number of carbonyl (C=O) groups is 3. The summed E-state index contributed by atoms with van der Waals surface area (Å²) in [6.07, 6.45) is 1.83. The fourth-order valence-corrected chi connectivity index (χ4v) is 2.25. The topological polar surface area (TPSA) is 92.5 Å². The molecule has 0 saturated carbocycles. The quantitative estimate of drug-likeness (QED) is 0.805. The van der Waals surface area contributed by atoms with Crippen molar-refractivity contribution in [3.05, 3.63) is 42.1 Å². The Kier molecular flexibility index (Phi) is 5.08. The lowest BCUT2D eigenvalue weighted by molar-refractivity contribution is -0.136. The summed E-state index contributed by atoms with van der Waals surface area (Å²) in [5.74, 6) is -1.60. The third-order valence-electron chi connectivity index (χ3n) is 3.49. The van der Waals surface area contributed by atoms with Crippen molar-refractivity contribution in [2.24, 2.45) is 5.73 Å². The van der Waals surface area contributed by atoms with Crippen LogP contribution in [0.4, 0.5) is 4.39 Å². The molecule has 2 rings (SSSR count). The van der Waals surface area contributed by atoms with Crippen molar-refractivity contribution in [1.82, 2.24) is 10.2 Å². The van der Waals surface area contributed by atoms with E-state index in [-0.39, 0.29) is 37.1 Å². The molecule has 6 nitrogen and oxygen atoms in total. The molecule has 1 heterocycles. The SMILES string of the molecule is NC(=O)C1CNC(=O)CCN1C(=O)[CH]Cc1ccc(F)cc1. The van der Waals surface area contributed by atoms with E-state index in [9.17, 15) is 18.8 Å². The first-order valence-corrected chi connectivity index (χ1v) is 6.91. The number of hydrogen-bond donors (Lipinski definition) is 2. The van der Waals surface area contributed by atoms with Crippen LogP contribution in [0.1, 0.15) is 12.0 Å². The highest BCUT2D eigenvalue weighted by atomic mass is 19.1. The smallest absolute Gasteiger partial charge is 0.242 e. The first-order valence-electron chi connectivity index (χ1n) is 6.91. The van der Waals surface area contributed by atoms with E-state index in [1.54, 1.807) is 12.1 Å². The van der Waals surface area contributed by atoms with Gasteiger partial charge in [-0.1, -0.05) is 12.1 Å². The van der Waals surface area contributed by atoms with Gasteiger partial charge in [-0.25, -0.2) is 4.39 Å². The molecule has 1 saturated heterocycles. The molecule has 1 fully saturated rings. The van der Waals surface area contributed by atoms with Gasteiger partial charge in [0.1, 0.15) is 11.9 Å². The number of nitrogens with zero attached hydrogens (tertiary/aromatic N) is 1. The van der Waals surface area contributed by atoms with Gasteiger partial charge >= 0.3 is 0 Å². The minimum atomic E-state index is -0.858. The molecular formula is C15H17FN3O3. The molecule has 3 N–H and O–H groups in total. The highest BCUT2D eigenvalue weighted by molar-refractivity contribution is 5.92. The number of nitrogens with one attached hydrogen (secondary N) is 1. The van der Waals surface area contributed by atoms with Crippen LogP contribution >= 0.6 is 0 Å². The van der Waals surface area contributed by atoms with Crippen LogP contribution in [0.5, 0.6) is 0 Å². The minimum absolute atomic E-state index is 0.0181. The lowest BCUT2D eigenvalue weighted by atomic mass is 10.1. The zero-order valence-corrected chi connectivity index (χ0v) is 11.9. The van der Waals surface area contributed by atoms with E-state index in [1.807, 2.05) is 0 Å². The average molecular weight is 306 g/mol. The third kappa shape index (κ3) is 4.03. The highest BCUT2D eigenvalue weighted by Crippen LogP contribution is 2.10. The summed E-state index contributed by atoms with van der Waals surface area (Å²) >= 11 is 0. The van der Waals surface area contributed by atoms with Crippen molar-refractivity contribution in [3.8, 4) is 0 Å². The highest BCUT2D eigenvalue weighted by Gasteiger charge is 2.31. The van der Waals surface area contributed by atoms with Crippen LogP contribution in [0.15, 0.2) is 24.3 Å². The molecule has 1 aliphatic heterocycles. The summed E-state index contributed by atoms with van der Waals surface area (Å²) in [5.41, 5.74) is 6.07. The number of benzene rings is 1. The lowest BCUT2D eigenvalue weighted by Crippen LogP contribution is -2.51. The summed E-state index contributed by atoms with van der Waals surface area (Å²) in [6.45, 7) is 0.155. The third-order valence-corrected chi connectivity index (χ3v) is 3.49. The minimum Gasteiger partial charge on any atom is -0.368 e. The standard InChI is InChI=1S/C15H17FN3O3/c16-11-4-1-10(2-5-11)3-6-14(21)19-8-7-13(20)18-9-12(19)15(17)22/h1-2,4-6,12H,3,7-9H2,(H2,17,22)(H,18,20). The first kappa shape index (κ1) is 15.9. The van der Waals surface area contributed by atoms with Gasteiger partial charge in [0.15, 0.2) is 0 Å². The zero-order valence-electron chi connectivity index (χ0n) is 11.9. The molecule has 1 radical (unpaired) electrons. The molecule has 117 valence electrons. The molecule has 22 heavy (non-hydrogen) atoms. The van der Waals surface area contributed by atoms with Crippen LogP contribution in [0.2, 0.25) is 0 Å². The molecule has 1 aromatic carbocycles. The van der Waals surface area contributed by atoms with Crippen LogP contribution in [-0.2, 0) is 20.8 Å². The number of hydrogen-bond acceptors (Lipinski definition) is 3. The number of amides is 3. The Morgan fingerprint density at radius 2 is 2.05 bits per heavy atom. The fraction of sp³-hybridized carbons (Fsp3) is 0.333. The molecule has 0 bridgehead atoms. The van der Waals surface area contributed by atoms with Crippen molar-refractivity contribution in [3.63, 3.8) is 0 Å². The van der Waals surface area contributed by atoms with Gasteiger partial charge in [-0.3, -0.25) is 14.4 Å². The molecule has 7 heteroatoms. The van der Waals surface area contributed by atoms with Gasteiger partial charge in [0, 0.05) is 19.5 Å². The number of rotatable bonds is 4. The van der Waals surface area contributed by atoms with E-state index in [1.165, 1.54) is 23.5 Å². The Morgan fingerprint density at radius 1 is 1.36 bits per heavy atom. The van der Waals surface area contributed by atoms with Gasteiger partial charge in [-0.15, -0.1) is 0 Å². The van der Waals surface area contributed by atoms with Gasteiger partial charge in [0.05, 0.1) is 6.42 Å². The molecule has 1 aromatic rings. The maximum absolute atomic E-state index is 12.8. The zero-order chi connectivity index (χ0) is 16.1. The summed E-state index contributed by atoms with van der Waals surface area (Å²) in [4.78, 5) is 36.4. The van der Waals surface area contributed by atoms with E-state index < -0.39 is 11.9 Å². The fourth-order valence-electron chi connectivity index (χ4n) is 2.25. The van der Waals surface area contributed by atoms with E-state index in [4.69, 9.17) is 5.73 Å². The second kappa shape index (κ2) is 7.02. The summed E-state index contributed by atoms with van der Waals surface area (Å²) in [7, 11) is 0. The van der Waals surface area contributed by atoms with Crippen molar-refractivity contribution < 1.29 is 18.8 Å².